The first-order valence-corrected chi connectivity index (χ1v) is 6.20. The Kier molecular flexibility index (Phi) is 6.85. The van der Waals surface area contributed by atoms with Gasteiger partial charge in [-0.15, -0.1) is 0 Å². The van der Waals surface area contributed by atoms with E-state index in [1.165, 1.54) is 0 Å². The molecule has 4 nitrogen and oxygen atoms in total. The molecule has 1 rings (SSSR count). The minimum absolute atomic E-state index is 0.338. The number of nitrogens with zero attached hydrogens (tertiary/aromatic N) is 1. The Labute approximate surface area is 108 Å². The van der Waals surface area contributed by atoms with Gasteiger partial charge in [0.05, 0.1) is 18.8 Å². The van der Waals surface area contributed by atoms with E-state index in [-0.39, 0.29) is 6.10 Å². The van der Waals surface area contributed by atoms with Crippen molar-refractivity contribution in [2.24, 2.45) is 0 Å². The first kappa shape index (κ1) is 14.5. The van der Waals surface area contributed by atoms with Gasteiger partial charge in [-0.2, -0.15) is 5.26 Å². The zero-order valence-corrected chi connectivity index (χ0v) is 10.7. The molecule has 0 amide bonds. The molecule has 2 N–H and O–H groups in total. The molecule has 0 fully saturated rings. The Morgan fingerprint density at radius 2 is 2.33 bits per heavy atom. The summed E-state index contributed by atoms with van der Waals surface area (Å²) in [7, 11) is 0. The van der Waals surface area contributed by atoms with Gasteiger partial charge in [0, 0.05) is 19.5 Å². The molecule has 0 aliphatic carbocycles. The van der Waals surface area contributed by atoms with Crippen LogP contribution in [-0.4, -0.2) is 24.4 Å². The van der Waals surface area contributed by atoms with E-state index in [9.17, 15) is 0 Å². The fourth-order valence-corrected chi connectivity index (χ4v) is 1.51. The second kappa shape index (κ2) is 8.51. The summed E-state index contributed by atoms with van der Waals surface area (Å²) in [6.45, 7) is 3.60. The van der Waals surface area contributed by atoms with Gasteiger partial charge >= 0.3 is 0 Å². The smallest absolute Gasteiger partial charge is 0.119 e. The average molecular weight is 248 g/mol. The third-order valence-corrected chi connectivity index (χ3v) is 2.37. The number of hydrogen-bond acceptors (Lipinski definition) is 4. The maximum absolute atomic E-state index is 9.14. The molecule has 1 unspecified atom stereocenters. The van der Waals surface area contributed by atoms with Crippen LogP contribution < -0.4 is 10.1 Å². The van der Waals surface area contributed by atoms with Crippen LogP contribution >= 0.6 is 0 Å². The van der Waals surface area contributed by atoms with Gasteiger partial charge in [0.1, 0.15) is 5.75 Å². The molecule has 0 aromatic heterocycles. The summed E-state index contributed by atoms with van der Waals surface area (Å²) in [5.41, 5.74) is 1.12. The van der Waals surface area contributed by atoms with Crippen molar-refractivity contribution in [3.05, 3.63) is 29.8 Å². The fraction of sp³-hybridized carbons (Fsp3) is 0.500. The number of benzene rings is 1. The first-order chi connectivity index (χ1) is 8.72. The van der Waals surface area contributed by atoms with Gasteiger partial charge in [-0.05, 0) is 31.0 Å². The molecule has 0 aliphatic heterocycles. The van der Waals surface area contributed by atoms with Crippen LogP contribution in [0.3, 0.4) is 0 Å². The Balaban J connectivity index is 2.34. The van der Waals surface area contributed by atoms with Gasteiger partial charge in [-0.1, -0.05) is 12.1 Å². The maximum atomic E-state index is 9.14. The Morgan fingerprint density at radius 3 is 3.06 bits per heavy atom. The molecule has 1 atom stereocenters. The Morgan fingerprint density at radius 1 is 1.50 bits per heavy atom. The minimum atomic E-state index is -0.338. The normalized spacial score (nSPS) is 11.8. The lowest BCUT2D eigenvalue weighted by Crippen LogP contribution is -2.23. The van der Waals surface area contributed by atoms with Gasteiger partial charge in [-0.3, -0.25) is 0 Å². The second-order valence-electron chi connectivity index (χ2n) is 4.24. The van der Waals surface area contributed by atoms with Crippen molar-refractivity contribution >= 4 is 0 Å². The van der Waals surface area contributed by atoms with Crippen LogP contribution in [0.4, 0.5) is 0 Å². The molecule has 0 saturated heterocycles. The molecule has 0 aliphatic rings. The first-order valence-electron chi connectivity index (χ1n) is 6.20. The van der Waals surface area contributed by atoms with Crippen LogP contribution in [0.1, 0.15) is 25.3 Å². The van der Waals surface area contributed by atoms with Crippen LogP contribution in [0.15, 0.2) is 24.3 Å². The van der Waals surface area contributed by atoms with Crippen LogP contribution in [0.25, 0.3) is 0 Å². The molecular weight excluding hydrogens is 228 g/mol. The van der Waals surface area contributed by atoms with Gasteiger partial charge in [-0.25, -0.2) is 0 Å². The summed E-state index contributed by atoms with van der Waals surface area (Å²) in [6.07, 6.45) is 0.937. The number of unbranched alkanes of at least 4 members (excludes halogenated alkanes) is 1. The summed E-state index contributed by atoms with van der Waals surface area (Å²) in [5, 5.41) is 20.7. The highest BCUT2D eigenvalue weighted by atomic mass is 16.5. The van der Waals surface area contributed by atoms with Crippen molar-refractivity contribution in [1.82, 2.24) is 5.32 Å². The van der Waals surface area contributed by atoms with Crippen LogP contribution in [0.5, 0.6) is 5.75 Å². The van der Waals surface area contributed by atoms with E-state index < -0.39 is 0 Å². The molecule has 4 heteroatoms. The Hall–Kier alpha value is -1.57. The van der Waals surface area contributed by atoms with Gasteiger partial charge in [0.15, 0.2) is 0 Å². The SMILES string of the molecule is CC(O)CNCc1cccc(OCCCC#N)c1. The number of aliphatic hydroxyl groups excluding tert-OH is 1. The van der Waals surface area contributed by atoms with Crippen molar-refractivity contribution in [3.63, 3.8) is 0 Å². The van der Waals surface area contributed by atoms with Crippen LogP contribution in [-0.2, 0) is 6.54 Å². The number of nitrogens with one attached hydrogen (secondary N) is 1. The van der Waals surface area contributed by atoms with Crippen molar-refractivity contribution in [2.45, 2.75) is 32.4 Å². The van der Waals surface area contributed by atoms with Crippen LogP contribution in [0, 0.1) is 11.3 Å². The third kappa shape index (κ3) is 6.24. The molecule has 98 valence electrons. The van der Waals surface area contributed by atoms with Crippen molar-refractivity contribution in [2.75, 3.05) is 13.2 Å². The summed E-state index contributed by atoms with van der Waals surface area (Å²) in [5.74, 6) is 0.823. The number of nitriles is 1. The third-order valence-electron chi connectivity index (χ3n) is 2.37. The number of rotatable bonds is 8. The molecule has 0 radical (unpaired) electrons. The predicted molar refractivity (Wildman–Crippen MR) is 70.2 cm³/mol. The van der Waals surface area contributed by atoms with E-state index in [1.54, 1.807) is 6.92 Å². The zero-order valence-electron chi connectivity index (χ0n) is 10.7. The molecule has 0 bridgehead atoms. The molecule has 18 heavy (non-hydrogen) atoms. The molecular formula is C14H20N2O2. The summed E-state index contributed by atoms with van der Waals surface area (Å²) < 4.78 is 5.55. The van der Waals surface area contributed by atoms with E-state index in [0.29, 0.717) is 26.1 Å². The van der Waals surface area contributed by atoms with Crippen LogP contribution in [0.2, 0.25) is 0 Å². The van der Waals surface area contributed by atoms with Crippen molar-refractivity contribution in [1.29, 1.82) is 5.26 Å². The minimum Gasteiger partial charge on any atom is -0.494 e. The highest BCUT2D eigenvalue weighted by Crippen LogP contribution is 2.13. The lowest BCUT2D eigenvalue weighted by Gasteiger charge is -2.09. The lowest BCUT2D eigenvalue weighted by atomic mass is 10.2. The highest BCUT2D eigenvalue weighted by Gasteiger charge is 1.99. The molecule has 0 saturated carbocycles. The standard InChI is InChI=1S/C14H20N2O2/c1-12(17)10-16-11-13-5-4-6-14(9-13)18-8-3-2-7-15/h4-6,9,12,16-17H,2-3,8,10-11H2,1H3. The number of aliphatic hydroxyl groups is 1. The second-order valence-corrected chi connectivity index (χ2v) is 4.24. The van der Waals surface area contributed by atoms with E-state index in [2.05, 4.69) is 11.4 Å². The lowest BCUT2D eigenvalue weighted by molar-refractivity contribution is 0.191. The van der Waals surface area contributed by atoms with Crippen molar-refractivity contribution < 1.29 is 9.84 Å². The van der Waals surface area contributed by atoms with Crippen molar-refractivity contribution in [3.8, 4) is 11.8 Å². The van der Waals surface area contributed by atoms with Gasteiger partial charge in [0.25, 0.3) is 0 Å². The zero-order chi connectivity index (χ0) is 13.2. The van der Waals surface area contributed by atoms with Gasteiger partial charge in [0.2, 0.25) is 0 Å². The molecule has 1 aromatic carbocycles. The topological polar surface area (TPSA) is 65.3 Å². The van der Waals surface area contributed by atoms with E-state index >= 15 is 0 Å². The van der Waals surface area contributed by atoms with E-state index in [1.807, 2.05) is 24.3 Å². The predicted octanol–water partition coefficient (Wildman–Crippen LogP) is 1.84. The summed E-state index contributed by atoms with van der Waals surface area (Å²) >= 11 is 0. The Bertz CT molecular complexity index is 386. The largest absolute Gasteiger partial charge is 0.494 e. The number of hydrogen-bond donors (Lipinski definition) is 2. The molecule has 1 aromatic rings. The fourth-order valence-electron chi connectivity index (χ4n) is 1.51. The molecule has 0 heterocycles. The number of ether oxygens (including phenoxy) is 1. The van der Waals surface area contributed by atoms with Gasteiger partial charge < -0.3 is 15.2 Å². The van der Waals surface area contributed by atoms with E-state index in [0.717, 1.165) is 17.7 Å². The highest BCUT2D eigenvalue weighted by molar-refractivity contribution is 5.28. The average Bonchev–Trinajstić information content (AvgIpc) is 2.35. The monoisotopic (exact) mass is 248 g/mol. The maximum Gasteiger partial charge on any atom is 0.119 e. The quantitative estimate of drug-likeness (QED) is 0.689. The molecule has 0 spiro atoms. The summed E-state index contributed by atoms with van der Waals surface area (Å²) in [6, 6.07) is 9.93. The van der Waals surface area contributed by atoms with E-state index in [4.69, 9.17) is 15.1 Å². The summed E-state index contributed by atoms with van der Waals surface area (Å²) in [4.78, 5) is 0.